The first-order chi connectivity index (χ1) is 9.95. The number of hydrogen-bond acceptors (Lipinski definition) is 3. The Bertz CT molecular complexity index is 654. The molecule has 2 rings (SSSR count). The van der Waals surface area contributed by atoms with E-state index in [9.17, 15) is 0 Å². The van der Waals surface area contributed by atoms with Crippen molar-refractivity contribution in [3.63, 3.8) is 0 Å². The minimum atomic E-state index is -0.0880. The van der Waals surface area contributed by atoms with Crippen LogP contribution >= 0.6 is 23.2 Å². The molecule has 112 valence electrons. The number of aromatic nitrogens is 1. The fourth-order valence-electron chi connectivity index (χ4n) is 1.85. The Morgan fingerprint density at radius 3 is 2.81 bits per heavy atom. The van der Waals surface area contributed by atoms with Crippen LogP contribution in [-0.4, -0.2) is 11.1 Å². The van der Waals surface area contributed by atoms with Crippen molar-refractivity contribution >= 4 is 29.2 Å². The first-order valence-corrected chi connectivity index (χ1v) is 7.15. The minimum absolute atomic E-state index is 0.0880. The maximum Gasteiger partial charge on any atom is 0.189 e. The molecule has 0 saturated heterocycles. The zero-order chi connectivity index (χ0) is 15.4. The number of nitrogens with two attached hydrogens (primary N) is 1. The van der Waals surface area contributed by atoms with Gasteiger partial charge in [0.25, 0.3) is 0 Å². The third-order valence-electron chi connectivity index (χ3n) is 2.88. The first-order valence-electron chi connectivity index (χ1n) is 6.39. The van der Waals surface area contributed by atoms with Crippen LogP contribution in [0, 0.1) is 6.92 Å². The summed E-state index contributed by atoms with van der Waals surface area (Å²) < 4.78 is 5.06. The second-order valence-corrected chi connectivity index (χ2v) is 5.51. The molecule has 7 heteroatoms. The lowest BCUT2D eigenvalue weighted by molar-refractivity contribution is 0.381. The molecule has 0 fully saturated rings. The number of nitrogens with one attached hydrogen (secondary N) is 1. The maximum absolute atomic E-state index is 6.16. The van der Waals surface area contributed by atoms with E-state index in [-0.39, 0.29) is 6.04 Å². The summed E-state index contributed by atoms with van der Waals surface area (Å²) in [6.45, 7) is 4.12. The molecular formula is C14H16Cl2N4O. The third kappa shape index (κ3) is 4.37. The topological polar surface area (TPSA) is 76.4 Å². The number of benzene rings is 1. The Kier molecular flexibility index (Phi) is 5.09. The van der Waals surface area contributed by atoms with Gasteiger partial charge in [0.05, 0.1) is 11.7 Å². The summed E-state index contributed by atoms with van der Waals surface area (Å²) in [7, 11) is 0. The van der Waals surface area contributed by atoms with Gasteiger partial charge in [-0.3, -0.25) is 0 Å². The van der Waals surface area contributed by atoms with Crippen LogP contribution in [0.5, 0.6) is 0 Å². The van der Waals surface area contributed by atoms with Crippen molar-refractivity contribution in [3.05, 3.63) is 51.3 Å². The van der Waals surface area contributed by atoms with E-state index in [0.29, 0.717) is 28.3 Å². The van der Waals surface area contributed by atoms with Crippen molar-refractivity contribution in [2.45, 2.75) is 26.4 Å². The molecule has 1 heterocycles. The van der Waals surface area contributed by atoms with Crippen LogP contribution in [0.3, 0.4) is 0 Å². The molecule has 1 aromatic carbocycles. The second kappa shape index (κ2) is 6.83. The van der Waals surface area contributed by atoms with E-state index in [1.165, 1.54) is 0 Å². The van der Waals surface area contributed by atoms with Crippen LogP contribution < -0.4 is 11.1 Å². The summed E-state index contributed by atoms with van der Waals surface area (Å²) in [5.74, 6) is 0.969. The number of hydrogen-bond donors (Lipinski definition) is 2. The number of rotatable bonds is 4. The highest BCUT2D eigenvalue weighted by atomic mass is 35.5. The summed E-state index contributed by atoms with van der Waals surface area (Å²) in [6.07, 6.45) is 0. The predicted octanol–water partition coefficient (Wildman–Crippen LogP) is 3.46. The van der Waals surface area contributed by atoms with E-state index in [4.69, 9.17) is 33.5 Å². The van der Waals surface area contributed by atoms with Crippen LogP contribution in [-0.2, 0) is 6.54 Å². The monoisotopic (exact) mass is 326 g/mol. The van der Waals surface area contributed by atoms with E-state index in [2.05, 4.69) is 15.5 Å². The van der Waals surface area contributed by atoms with Crippen LogP contribution in [0.15, 0.2) is 33.8 Å². The number of guanidine groups is 1. The molecule has 1 unspecified atom stereocenters. The zero-order valence-corrected chi connectivity index (χ0v) is 13.2. The molecule has 1 atom stereocenters. The lowest BCUT2D eigenvalue weighted by Gasteiger charge is -2.16. The Balaban J connectivity index is 1.99. The molecule has 3 N–H and O–H groups in total. The number of nitrogens with zero attached hydrogens (tertiary/aromatic N) is 2. The molecule has 0 bridgehead atoms. The molecule has 21 heavy (non-hydrogen) atoms. The SMILES string of the molecule is Cc1cc(CN=C(N)NC(C)c2ccc(Cl)cc2Cl)on1. The molecule has 0 radical (unpaired) electrons. The van der Waals surface area contributed by atoms with Gasteiger partial charge in [-0.2, -0.15) is 0 Å². The highest BCUT2D eigenvalue weighted by Crippen LogP contribution is 2.25. The quantitative estimate of drug-likeness (QED) is 0.666. The highest BCUT2D eigenvalue weighted by Gasteiger charge is 2.10. The molecule has 0 aliphatic rings. The largest absolute Gasteiger partial charge is 0.370 e. The third-order valence-corrected chi connectivity index (χ3v) is 3.44. The van der Waals surface area contributed by atoms with Gasteiger partial charge in [0.1, 0.15) is 6.54 Å². The Morgan fingerprint density at radius 2 is 2.19 bits per heavy atom. The number of halogens is 2. The molecule has 0 amide bonds. The second-order valence-electron chi connectivity index (χ2n) is 4.67. The van der Waals surface area contributed by atoms with Crippen LogP contribution in [0.1, 0.15) is 30.0 Å². The van der Waals surface area contributed by atoms with E-state index in [1.54, 1.807) is 12.1 Å². The smallest absolute Gasteiger partial charge is 0.189 e. The standard InChI is InChI=1S/C14H16Cl2N4O/c1-8-5-11(21-20-8)7-18-14(17)19-9(2)12-4-3-10(15)6-13(12)16/h3-6,9H,7H2,1-2H3,(H3,17,18,19). The van der Waals surface area contributed by atoms with E-state index in [1.807, 2.05) is 26.0 Å². The van der Waals surface area contributed by atoms with Gasteiger partial charge in [0, 0.05) is 16.1 Å². The van der Waals surface area contributed by atoms with Crippen molar-refractivity contribution < 1.29 is 4.52 Å². The average Bonchev–Trinajstić information content (AvgIpc) is 2.82. The summed E-state index contributed by atoms with van der Waals surface area (Å²) >= 11 is 12.0. The van der Waals surface area contributed by atoms with Crippen molar-refractivity contribution in [3.8, 4) is 0 Å². The predicted molar refractivity (Wildman–Crippen MR) is 84.6 cm³/mol. The normalized spacial score (nSPS) is 13.2. The number of aliphatic imine (C=N–C) groups is 1. The van der Waals surface area contributed by atoms with Crippen molar-refractivity contribution in [2.24, 2.45) is 10.7 Å². The van der Waals surface area contributed by atoms with Crippen molar-refractivity contribution in [2.75, 3.05) is 0 Å². The van der Waals surface area contributed by atoms with Gasteiger partial charge in [-0.25, -0.2) is 4.99 Å². The molecule has 0 spiro atoms. The summed E-state index contributed by atoms with van der Waals surface area (Å²) in [5, 5.41) is 8.04. The fourth-order valence-corrected chi connectivity index (χ4v) is 2.42. The van der Waals surface area contributed by atoms with Gasteiger partial charge < -0.3 is 15.6 Å². The first kappa shape index (κ1) is 15.7. The van der Waals surface area contributed by atoms with Crippen LogP contribution in [0.4, 0.5) is 0 Å². The van der Waals surface area contributed by atoms with E-state index < -0.39 is 0 Å². The molecule has 5 nitrogen and oxygen atoms in total. The summed E-state index contributed by atoms with van der Waals surface area (Å²) in [5.41, 5.74) is 7.57. The van der Waals surface area contributed by atoms with E-state index >= 15 is 0 Å². The van der Waals surface area contributed by atoms with Gasteiger partial charge >= 0.3 is 0 Å². The lowest BCUT2D eigenvalue weighted by Crippen LogP contribution is -2.33. The van der Waals surface area contributed by atoms with Gasteiger partial charge in [-0.1, -0.05) is 34.4 Å². The van der Waals surface area contributed by atoms with Gasteiger partial charge in [0.15, 0.2) is 11.7 Å². The summed E-state index contributed by atoms with van der Waals surface area (Å²) in [6, 6.07) is 7.06. The number of aryl methyl sites for hydroxylation is 1. The maximum atomic E-state index is 6.16. The Hall–Kier alpha value is -1.72. The molecule has 2 aromatic rings. The molecular weight excluding hydrogens is 311 g/mol. The summed E-state index contributed by atoms with van der Waals surface area (Å²) in [4.78, 5) is 4.20. The Morgan fingerprint density at radius 1 is 1.43 bits per heavy atom. The minimum Gasteiger partial charge on any atom is -0.370 e. The zero-order valence-electron chi connectivity index (χ0n) is 11.7. The average molecular weight is 327 g/mol. The van der Waals surface area contributed by atoms with Gasteiger partial charge in [-0.05, 0) is 31.5 Å². The Labute approximate surface area is 133 Å². The lowest BCUT2D eigenvalue weighted by atomic mass is 10.1. The molecule has 0 saturated carbocycles. The fraction of sp³-hybridized carbons (Fsp3) is 0.286. The molecule has 0 aliphatic carbocycles. The highest BCUT2D eigenvalue weighted by molar-refractivity contribution is 6.35. The van der Waals surface area contributed by atoms with E-state index in [0.717, 1.165) is 11.3 Å². The van der Waals surface area contributed by atoms with Gasteiger partial charge in [-0.15, -0.1) is 0 Å². The van der Waals surface area contributed by atoms with Crippen LogP contribution in [0.2, 0.25) is 10.0 Å². The van der Waals surface area contributed by atoms with Crippen molar-refractivity contribution in [1.82, 2.24) is 10.5 Å². The van der Waals surface area contributed by atoms with Crippen LogP contribution in [0.25, 0.3) is 0 Å². The van der Waals surface area contributed by atoms with Gasteiger partial charge in [0.2, 0.25) is 0 Å². The molecule has 0 aliphatic heterocycles. The molecule has 1 aromatic heterocycles. The van der Waals surface area contributed by atoms with Crippen molar-refractivity contribution in [1.29, 1.82) is 0 Å².